The van der Waals surface area contributed by atoms with Crippen molar-refractivity contribution in [2.75, 3.05) is 32.2 Å². The first-order chi connectivity index (χ1) is 15.2. The van der Waals surface area contributed by atoms with Crippen molar-refractivity contribution >= 4 is 11.9 Å². The third-order valence-electron chi connectivity index (χ3n) is 4.82. The van der Waals surface area contributed by atoms with Gasteiger partial charge in [-0.2, -0.15) is 10.1 Å². The Balaban J connectivity index is 1.45. The summed E-state index contributed by atoms with van der Waals surface area (Å²) < 4.78 is 24.4. The number of anilines is 1. The highest BCUT2D eigenvalue weighted by Gasteiger charge is 2.28. The summed E-state index contributed by atoms with van der Waals surface area (Å²) in [5.41, 5.74) is 0.891. The third-order valence-corrected chi connectivity index (χ3v) is 4.82. The van der Waals surface area contributed by atoms with Crippen LogP contribution in [0.25, 0.3) is 0 Å². The van der Waals surface area contributed by atoms with Gasteiger partial charge in [0.15, 0.2) is 23.0 Å². The number of hydrogen-bond acceptors (Lipinski definition) is 7. The Labute approximate surface area is 179 Å². The number of aromatic nitrogens is 3. The maximum absolute atomic E-state index is 12.1. The minimum Gasteiger partial charge on any atom is -0.493 e. The maximum atomic E-state index is 12.1. The Morgan fingerprint density at radius 3 is 2.52 bits per heavy atom. The lowest BCUT2D eigenvalue weighted by molar-refractivity contribution is -0.117. The molecule has 3 aromatic rings. The molecule has 0 bridgehead atoms. The van der Waals surface area contributed by atoms with E-state index in [2.05, 4.69) is 15.4 Å². The van der Waals surface area contributed by atoms with Gasteiger partial charge in [0.1, 0.15) is 19.5 Å². The van der Waals surface area contributed by atoms with Crippen LogP contribution in [0.2, 0.25) is 0 Å². The van der Waals surface area contributed by atoms with Crippen LogP contribution in [-0.2, 0) is 4.79 Å². The highest BCUT2D eigenvalue weighted by Crippen LogP contribution is 2.35. The molecule has 0 radical (unpaired) electrons. The van der Waals surface area contributed by atoms with Gasteiger partial charge in [0, 0.05) is 0 Å². The standard InChI is InChI=1S/C22H24N4O5/c1-3-29-20-12-15(16-13-21(27)25-22-23-14-24-26(16)22)8-9-19(20)31-11-10-30-18-7-5-4-6-17(18)28-2/h4-9,12,14,16H,3,10-11,13H2,1-2H3,(H,23,24,25,27)/t16-/m0/s1. The van der Waals surface area contributed by atoms with Crippen LogP contribution < -0.4 is 24.3 Å². The van der Waals surface area contributed by atoms with Crippen LogP contribution in [0.3, 0.4) is 0 Å². The van der Waals surface area contributed by atoms with E-state index in [1.165, 1.54) is 6.33 Å². The number of carbonyl (C=O) groups is 1. The van der Waals surface area contributed by atoms with Crippen LogP contribution in [0.15, 0.2) is 48.8 Å². The zero-order chi connectivity index (χ0) is 21.6. The van der Waals surface area contributed by atoms with Gasteiger partial charge in [-0.05, 0) is 36.8 Å². The Morgan fingerprint density at radius 2 is 1.77 bits per heavy atom. The average molecular weight is 424 g/mol. The van der Waals surface area contributed by atoms with Crippen LogP contribution >= 0.6 is 0 Å². The smallest absolute Gasteiger partial charge is 0.229 e. The molecule has 1 aromatic heterocycles. The second-order valence-corrected chi connectivity index (χ2v) is 6.78. The van der Waals surface area contributed by atoms with Crippen molar-refractivity contribution in [3.8, 4) is 23.0 Å². The summed E-state index contributed by atoms with van der Waals surface area (Å²) in [7, 11) is 1.60. The van der Waals surface area contributed by atoms with Crippen LogP contribution in [0.1, 0.15) is 24.9 Å². The second kappa shape index (κ2) is 9.38. The van der Waals surface area contributed by atoms with Gasteiger partial charge in [-0.25, -0.2) is 4.68 Å². The predicted molar refractivity (Wildman–Crippen MR) is 113 cm³/mol. The quantitative estimate of drug-likeness (QED) is 0.527. The molecular formula is C22H24N4O5. The first-order valence-electron chi connectivity index (χ1n) is 10.0. The predicted octanol–water partition coefficient (Wildman–Crippen LogP) is 3.07. The monoisotopic (exact) mass is 424 g/mol. The molecule has 31 heavy (non-hydrogen) atoms. The van der Waals surface area contributed by atoms with Crippen LogP contribution in [0, 0.1) is 0 Å². The minimum absolute atomic E-state index is 0.0997. The molecule has 2 heterocycles. The van der Waals surface area contributed by atoms with Crippen molar-refractivity contribution in [3.05, 3.63) is 54.4 Å². The van der Waals surface area contributed by atoms with Crippen molar-refractivity contribution in [2.24, 2.45) is 0 Å². The number of carbonyl (C=O) groups excluding carboxylic acids is 1. The van der Waals surface area contributed by atoms with E-state index in [9.17, 15) is 4.79 Å². The fourth-order valence-corrected chi connectivity index (χ4v) is 3.43. The Hall–Kier alpha value is -3.75. The maximum Gasteiger partial charge on any atom is 0.229 e. The molecule has 1 amide bonds. The van der Waals surface area contributed by atoms with Gasteiger partial charge >= 0.3 is 0 Å². The van der Waals surface area contributed by atoms with Crippen molar-refractivity contribution in [1.82, 2.24) is 14.8 Å². The van der Waals surface area contributed by atoms with E-state index < -0.39 is 0 Å². The summed E-state index contributed by atoms with van der Waals surface area (Å²) in [5, 5.41) is 6.96. The van der Waals surface area contributed by atoms with Crippen LogP contribution in [-0.4, -0.2) is 47.6 Å². The number of benzene rings is 2. The van der Waals surface area contributed by atoms with Crippen LogP contribution in [0.5, 0.6) is 23.0 Å². The minimum atomic E-state index is -0.256. The van der Waals surface area contributed by atoms with Gasteiger partial charge in [-0.15, -0.1) is 0 Å². The number of ether oxygens (including phenoxy) is 4. The molecule has 1 aliphatic heterocycles. The summed E-state index contributed by atoms with van der Waals surface area (Å²) in [6.07, 6.45) is 1.70. The largest absolute Gasteiger partial charge is 0.493 e. The molecule has 9 nitrogen and oxygen atoms in total. The Bertz CT molecular complexity index is 1050. The first kappa shape index (κ1) is 20.5. The zero-order valence-corrected chi connectivity index (χ0v) is 17.4. The lowest BCUT2D eigenvalue weighted by Crippen LogP contribution is -2.29. The number of hydrogen-bond donors (Lipinski definition) is 1. The third kappa shape index (κ3) is 4.55. The van der Waals surface area contributed by atoms with Crippen molar-refractivity contribution in [2.45, 2.75) is 19.4 Å². The molecule has 0 aliphatic carbocycles. The number of fused-ring (bicyclic) bond motifs is 1. The number of nitrogens with zero attached hydrogens (tertiary/aromatic N) is 3. The Morgan fingerprint density at radius 1 is 1.03 bits per heavy atom. The van der Waals surface area contributed by atoms with Gasteiger partial charge in [0.25, 0.3) is 0 Å². The van der Waals surface area contributed by atoms with Gasteiger partial charge < -0.3 is 18.9 Å². The van der Waals surface area contributed by atoms with E-state index in [1.807, 2.05) is 49.4 Å². The molecule has 0 unspecified atom stereocenters. The van der Waals surface area contributed by atoms with E-state index in [4.69, 9.17) is 18.9 Å². The molecule has 162 valence electrons. The van der Waals surface area contributed by atoms with Gasteiger partial charge in [-0.3, -0.25) is 10.1 Å². The van der Waals surface area contributed by atoms with E-state index >= 15 is 0 Å². The fraction of sp³-hybridized carbons (Fsp3) is 0.318. The van der Waals surface area contributed by atoms with E-state index in [0.29, 0.717) is 48.8 Å². The lowest BCUT2D eigenvalue weighted by atomic mass is 10.0. The summed E-state index contributed by atoms with van der Waals surface area (Å²) in [6.45, 7) is 3.07. The summed E-state index contributed by atoms with van der Waals surface area (Å²) in [6, 6.07) is 12.8. The molecule has 1 aliphatic rings. The lowest BCUT2D eigenvalue weighted by Gasteiger charge is -2.24. The molecule has 1 atom stereocenters. The van der Waals surface area contributed by atoms with Crippen molar-refractivity contribution in [1.29, 1.82) is 0 Å². The number of amides is 1. The summed E-state index contributed by atoms with van der Waals surface area (Å²) in [4.78, 5) is 16.1. The van der Waals surface area contributed by atoms with Gasteiger partial charge in [0.2, 0.25) is 11.9 Å². The van der Waals surface area contributed by atoms with Crippen molar-refractivity contribution in [3.63, 3.8) is 0 Å². The topological polar surface area (TPSA) is 96.7 Å². The average Bonchev–Trinajstić information content (AvgIpc) is 3.25. The fourth-order valence-electron chi connectivity index (χ4n) is 3.43. The molecule has 0 saturated heterocycles. The van der Waals surface area contributed by atoms with Crippen LogP contribution in [0.4, 0.5) is 5.95 Å². The number of rotatable bonds is 9. The van der Waals surface area contributed by atoms with E-state index in [1.54, 1.807) is 11.8 Å². The highest BCUT2D eigenvalue weighted by molar-refractivity contribution is 5.91. The van der Waals surface area contributed by atoms with E-state index in [0.717, 1.165) is 5.56 Å². The van der Waals surface area contributed by atoms with E-state index in [-0.39, 0.29) is 18.4 Å². The number of nitrogens with one attached hydrogen (secondary N) is 1. The molecular weight excluding hydrogens is 400 g/mol. The van der Waals surface area contributed by atoms with Crippen molar-refractivity contribution < 1.29 is 23.7 Å². The first-order valence-corrected chi connectivity index (χ1v) is 10.0. The summed E-state index contributed by atoms with van der Waals surface area (Å²) in [5.74, 6) is 2.88. The Kier molecular flexibility index (Phi) is 6.21. The summed E-state index contributed by atoms with van der Waals surface area (Å²) >= 11 is 0. The molecule has 2 aromatic carbocycles. The second-order valence-electron chi connectivity index (χ2n) is 6.78. The number of para-hydroxylation sites is 2. The molecule has 4 rings (SSSR count). The highest BCUT2D eigenvalue weighted by atomic mass is 16.5. The van der Waals surface area contributed by atoms with Gasteiger partial charge in [-0.1, -0.05) is 18.2 Å². The van der Waals surface area contributed by atoms with Gasteiger partial charge in [0.05, 0.1) is 26.2 Å². The molecule has 1 N–H and O–H groups in total. The normalized spacial score (nSPS) is 15.0. The molecule has 0 spiro atoms. The SMILES string of the molecule is CCOc1cc([C@@H]2CC(=O)Nc3ncnn32)ccc1OCCOc1ccccc1OC. The molecule has 0 saturated carbocycles. The number of methoxy groups -OCH3 is 1. The molecule has 9 heteroatoms. The molecule has 0 fully saturated rings. The zero-order valence-electron chi connectivity index (χ0n) is 17.4.